The fourth-order valence-electron chi connectivity index (χ4n) is 1.84. The number of halogens is 3. The van der Waals surface area contributed by atoms with Gasteiger partial charge in [0, 0.05) is 19.5 Å². The zero-order valence-electron chi connectivity index (χ0n) is 9.51. The average molecular weight is 276 g/mol. The molecule has 3 nitrogen and oxygen atoms in total. The normalized spacial score (nSPS) is 19.8. The fraction of sp³-hybridized carbons (Fsp3) is 0.417. The lowest BCUT2D eigenvalue weighted by Crippen LogP contribution is -2.39. The Bertz CT molecular complexity index is 462. The molecule has 1 aromatic carbocycles. The molecule has 1 aliphatic rings. The summed E-state index contributed by atoms with van der Waals surface area (Å²) in [5.74, 6) is -2.83. The summed E-state index contributed by atoms with van der Waals surface area (Å²) < 4.78 is 31.9. The van der Waals surface area contributed by atoms with Gasteiger partial charge in [-0.2, -0.15) is 0 Å². The first-order valence-corrected chi connectivity index (χ1v) is 5.96. The summed E-state index contributed by atoms with van der Waals surface area (Å²) in [4.78, 5) is 11.9. The van der Waals surface area contributed by atoms with E-state index in [9.17, 15) is 13.6 Å². The smallest absolute Gasteiger partial charge is 0.171 e. The van der Waals surface area contributed by atoms with E-state index in [0.29, 0.717) is 13.2 Å². The summed E-state index contributed by atoms with van der Waals surface area (Å²) in [6.45, 7) is 1.73. The number of hydrogen-bond acceptors (Lipinski definition) is 3. The second-order valence-corrected chi connectivity index (χ2v) is 4.45. The highest BCUT2D eigenvalue weighted by Gasteiger charge is 2.24. The summed E-state index contributed by atoms with van der Waals surface area (Å²) in [5.41, 5.74) is -0.397. The Morgan fingerprint density at radius 1 is 1.50 bits per heavy atom. The molecule has 0 amide bonds. The van der Waals surface area contributed by atoms with Crippen molar-refractivity contribution in [3.05, 3.63) is 34.4 Å². The van der Waals surface area contributed by atoms with Crippen LogP contribution in [0.15, 0.2) is 12.1 Å². The minimum absolute atomic E-state index is 0.0207. The molecule has 0 aliphatic carbocycles. The number of morpholine rings is 1. The molecule has 18 heavy (non-hydrogen) atoms. The van der Waals surface area contributed by atoms with Gasteiger partial charge < -0.3 is 10.1 Å². The Morgan fingerprint density at radius 2 is 2.28 bits per heavy atom. The van der Waals surface area contributed by atoms with Crippen LogP contribution >= 0.6 is 11.6 Å². The van der Waals surface area contributed by atoms with Gasteiger partial charge in [0.2, 0.25) is 0 Å². The monoisotopic (exact) mass is 275 g/mol. The van der Waals surface area contributed by atoms with Crippen molar-refractivity contribution in [1.82, 2.24) is 5.32 Å². The first kappa shape index (κ1) is 13.4. The minimum Gasteiger partial charge on any atom is -0.375 e. The van der Waals surface area contributed by atoms with Gasteiger partial charge in [0.05, 0.1) is 23.3 Å². The summed E-state index contributed by atoms with van der Waals surface area (Å²) >= 11 is 5.73. The Balaban J connectivity index is 2.15. The highest BCUT2D eigenvalue weighted by Crippen LogP contribution is 2.23. The van der Waals surface area contributed by atoms with Crippen molar-refractivity contribution in [1.29, 1.82) is 0 Å². The lowest BCUT2D eigenvalue weighted by molar-refractivity contribution is 0.0239. The maximum absolute atomic E-state index is 13.5. The third-order valence-corrected chi connectivity index (χ3v) is 3.06. The van der Waals surface area contributed by atoms with Gasteiger partial charge in [-0.15, -0.1) is 0 Å². The first-order valence-electron chi connectivity index (χ1n) is 5.58. The van der Waals surface area contributed by atoms with Gasteiger partial charge in [-0.1, -0.05) is 11.6 Å². The molecule has 2 rings (SSSR count). The summed E-state index contributed by atoms with van der Waals surface area (Å²) in [5, 5.41) is 2.97. The predicted octanol–water partition coefficient (Wildman–Crippen LogP) is 2.18. The molecule has 0 radical (unpaired) electrons. The number of nitrogens with one attached hydrogen (secondary N) is 1. The SMILES string of the molecule is O=C(CC1CNCCO1)c1c(Cl)ccc(F)c1F. The number of benzene rings is 1. The van der Waals surface area contributed by atoms with Gasteiger partial charge in [-0.3, -0.25) is 4.79 Å². The number of hydrogen-bond donors (Lipinski definition) is 1. The molecule has 1 saturated heterocycles. The van der Waals surface area contributed by atoms with Gasteiger partial charge >= 0.3 is 0 Å². The predicted molar refractivity (Wildman–Crippen MR) is 62.9 cm³/mol. The van der Waals surface area contributed by atoms with Crippen LogP contribution in [0.2, 0.25) is 5.02 Å². The van der Waals surface area contributed by atoms with Crippen molar-refractivity contribution < 1.29 is 18.3 Å². The zero-order chi connectivity index (χ0) is 13.1. The van der Waals surface area contributed by atoms with E-state index in [1.54, 1.807) is 0 Å². The van der Waals surface area contributed by atoms with E-state index in [0.717, 1.165) is 12.6 Å². The Kier molecular flexibility index (Phi) is 4.27. The maximum atomic E-state index is 13.5. The second kappa shape index (κ2) is 5.73. The van der Waals surface area contributed by atoms with E-state index in [2.05, 4.69) is 5.32 Å². The third-order valence-electron chi connectivity index (χ3n) is 2.74. The molecule has 1 unspecified atom stereocenters. The molecule has 0 spiro atoms. The van der Waals surface area contributed by atoms with E-state index in [4.69, 9.17) is 16.3 Å². The quantitative estimate of drug-likeness (QED) is 0.679. The van der Waals surface area contributed by atoms with Crippen molar-refractivity contribution >= 4 is 17.4 Å². The summed E-state index contributed by atoms with van der Waals surface area (Å²) in [7, 11) is 0. The highest BCUT2D eigenvalue weighted by molar-refractivity contribution is 6.34. The maximum Gasteiger partial charge on any atom is 0.171 e. The van der Waals surface area contributed by atoms with Crippen LogP contribution in [-0.4, -0.2) is 31.6 Å². The lowest BCUT2D eigenvalue weighted by atomic mass is 10.0. The minimum atomic E-state index is -1.20. The van der Waals surface area contributed by atoms with Crippen LogP contribution in [0.3, 0.4) is 0 Å². The van der Waals surface area contributed by atoms with Crippen LogP contribution in [0.25, 0.3) is 0 Å². The largest absolute Gasteiger partial charge is 0.375 e. The number of Topliss-reactive ketones (excluding diaryl/α,β-unsaturated/α-hetero) is 1. The van der Waals surface area contributed by atoms with E-state index in [-0.39, 0.29) is 17.5 Å². The van der Waals surface area contributed by atoms with Crippen LogP contribution in [0.5, 0.6) is 0 Å². The van der Waals surface area contributed by atoms with Gasteiger partial charge in [0.1, 0.15) is 0 Å². The Labute approximate surface area is 108 Å². The average Bonchev–Trinajstić information content (AvgIpc) is 2.36. The second-order valence-electron chi connectivity index (χ2n) is 4.04. The van der Waals surface area contributed by atoms with E-state index < -0.39 is 23.0 Å². The number of rotatable bonds is 3. The molecule has 6 heteroatoms. The van der Waals surface area contributed by atoms with Gasteiger partial charge in [-0.05, 0) is 12.1 Å². The van der Waals surface area contributed by atoms with Crippen molar-refractivity contribution in [2.24, 2.45) is 0 Å². The van der Waals surface area contributed by atoms with Gasteiger partial charge in [-0.25, -0.2) is 8.78 Å². The number of carbonyl (C=O) groups is 1. The molecule has 1 N–H and O–H groups in total. The molecule has 0 saturated carbocycles. The molecule has 1 atom stereocenters. The number of ketones is 1. The molecular weight excluding hydrogens is 264 g/mol. The zero-order valence-corrected chi connectivity index (χ0v) is 10.3. The molecule has 0 bridgehead atoms. The fourth-order valence-corrected chi connectivity index (χ4v) is 2.09. The summed E-state index contributed by atoms with van der Waals surface area (Å²) in [6.07, 6.45) is -0.349. The van der Waals surface area contributed by atoms with Crippen molar-refractivity contribution in [3.63, 3.8) is 0 Å². The molecule has 1 fully saturated rings. The Hall–Kier alpha value is -1.04. The number of carbonyl (C=O) groups excluding carboxylic acids is 1. The topological polar surface area (TPSA) is 38.3 Å². The highest BCUT2D eigenvalue weighted by atomic mass is 35.5. The van der Waals surface area contributed by atoms with Crippen molar-refractivity contribution in [2.45, 2.75) is 12.5 Å². The lowest BCUT2D eigenvalue weighted by Gasteiger charge is -2.23. The van der Waals surface area contributed by atoms with Crippen LogP contribution in [0, 0.1) is 11.6 Å². The Morgan fingerprint density at radius 3 is 2.94 bits per heavy atom. The molecule has 1 heterocycles. The summed E-state index contributed by atoms with van der Waals surface area (Å²) in [6, 6.07) is 2.07. The molecule has 1 aromatic rings. The van der Waals surface area contributed by atoms with E-state index in [1.807, 2.05) is 0 Å². The van der Waals surface area contributed by atoms with Crippen LogP contribution in [0.1, 0.15) is 16.8 Å². The van der Waals surface area contributed by atoms with Gasteiger partial charge in [0.15, 0.2) is 17.4 Å². The van der Waals surface area contributed by atoms with Crippen molar-refractivity contribution in [2.75, 3.05) is 19.7 Å². The van der Waals surface area contributed by atoms with Crippen LogP contribution in [0.4, 0.5) is 8.78 Å². The van der Waals surface area contributed by atoms with Gasteiger partial charge in [0.25, 0.3) is 0 Å². The standard InChI is InChI=1S/C12H12ClF2NO2/c13-8-1-2-9(14)12(15)11(8)10(17)5-7-6-16-3-4-18-7/h1-2,7,16H,3-6H2. The molecule has 1 aliphatic heterocycles. The molecule has 0 aromatic heterocycles. The molecular formula is C12H12ClF2NO2. The van der Waals surface area contributed by atoms with Crippen LogP contribution in [-0.2, 0) is 4.74 Å². The van der Waals surface area contributed by atoms with E-state index in [1.165, 1.54) is 6.07 Å². The third kappa shape index (κ3) is 2.85. The van der Waals surface area contributed by atoms with Crippen molar-refractivity contribution in [3.8, 4) is 0 Å². The molecule has 98 valence electrons. The van der Waals surface area contributed by atoms with Crippen LogP contribution < -0.4 is 5.32 Å². The number of ether oxygens (including phenoxy) is 1. The first-order chi connectivity index (χ1) is 8.59. The van der Waals surface area contributed by atoms with E-state index >= 15 is 0 Å².